The highest BCUT2D eigenvalue weighted by Crippen LogP contribution is 2.22. The third-order valence-electron chi connectivity index (χ3n) is 3.57. The first-order chi connectivity index (χ1) is 10.5. The number of halogens is 1. The molecule has 0 spiro atoms. The summed E-state index contributed by atoms with van der Waals surface area (Å²) in [6.07, 6.45) is 1.31. The number of nitrogens with one attached hydrogen (secondary N) is 2. The van der Waals surface area contributed by atoms with E-state index in [0.29, 0.717) is 36.2 Å². The summed E-state index contributed by atoms with van der Waals surface area (Å²) < 4.78 is 5.71. The molecule has 22 heavy (non-hydrogen) atoms. The number of morpholine rings is 1. The van der Waals surface area contributed by atoms with Crippen LogP contribution >= 0.6 is 11.6 Å². The van der Waals surface area contributed by atoms with Gasteiger partial charge in [-0.15, -0.1) is 0 Å². The molecule has 0 aliphatic carbocycles. The Labute approximate surface area is 133 Å². The van der Waals surface area contributed by atoms with E-state index in [1.807, 2.05) is 13.8 Å². The van der Waals surface area contributed by atoms with Crippen molar-refractivity contribution in [2.75, 3.05) is 19.7 Å². The minimum atomic E-state index is -0.289. The summed E-state index contributed by atoms with van der Waals surface area (Å²) in [5, 5.41) is 7.60. The van der Waals surface area contributed by atoms with E-state index in [1.165, 1.54) is 0 Å². The van der Waals surface area contributed by atoms with E-state index in [0.717, 1.165) is 5.82 Å². The largest absolute Gasteiger partial charge is 0.367 e. The maximum atomic E-state index is 12.4. The quantitative estimate of drug-likeness (QED) is 0.905. The molecule has 3 heterocycles. The first-order valence-corrected chi connectivity index (χ1v) is 7.59. The molecule has 1 unspecified atom stereocenters. The molecule has 1 atom stereocenters. The van der Waals surface area contributed by atoms with Crippen molar-refractivity contribution in [1.82, 2.24) is 25.1 Å². The molecule has 0 radical (unpaired) electrons. The molecular formula is C14H18ClN5O2. The number of aromatic amines is 2. The Morgan fingerprint density at radius 1 is 1.55 bits per heavy atom. The predicted molar refractivity (Wildman–Crippen MR) is 80.9 cm³/mol. The minimum Gasteiger partial charge on any atom is -0.367 e. The van der Waals surface area contributed by atoms with Gasteiger partial charge in [0.05, 0.1) is 18.2 Å². The average molecular weight is 324 g/mol. The number of carbonyl (C=O) groups excluding carboxylic acids is 1. The maximum Gasteiger partial charge on any atom is 0.270 e. The van der Waals surface area contributed by atoms with Gasteiger partial charge in [0.1, 0.15) is 11.8 Å². The number of H-pyrrole nitrogens is 2. The lowest BCUT2D eigenvalue weighted by atomic mass is 10.2. The van der Waals surface area contributed by atoms with E-state index in [-0.39, 0.29) is 17.9 Å². The van der Waals surface area contributed by atoms with Gasteiger partial charge >= 0.3 is 0 Å². The van der Waals surface area contributed by atoms with Crippen LogP contribution in [0.2, 0.25) is 5.02 Å². The molecule has 1 saturated heterocycles. The van der Waals surface area contributed by atoms with Gasteiger partial charge in [0.2, 0.25) is 0 Å². The molecule has 8 heteroatoms. The number of hydrogen-bond donors (Lipinski definition) is 2. The van der Waals surface area contributed by atoms with Gasteiger partial charge in [-0.2, -0.15) is 5.10 Å². The fourth-order valence-electron chi connectivity index (χ4n) is 2.35. The molecule has 0 bridgehead atoms. The zero-order valence-electron chi connectivity index (χ0n) is 12.5. The van der Waals surface area contributed by atoms with Crippen LogP contribution in [0.15, 0.2) is 12.3 Å². The smallest absolute Gasteiger partial charge is 0.270 e. The topological polar surface area (TPSA) is 86.9 Å². The lowest BCUT2D eigenvalue weighted by Crippen LogP contribution is -2.42. The van der Waals surface area contributed by atoms with E-state index < -0.39 is 0 Å². The highest BCUT2D eigenvalue weighted by molar-refractivity contribution is 6.30. The summed E-state index contributed by atoms with van der Waals surface area (Å²) in [5.41, 5.74) is 0.478. The minimum absolute atomic E-state index is 0.0937. The van der Waals surface area contributed by atoms with Crippen LogP contribution in [0.1, 0.15) is 48.0 Å². The van der Waals surface area contributed by atoms with Crippen LogP contribution in [0.3, 0.4) is 0 Å². The van der Waals surface area contributed by atoms with Crippen molar-refractivity contribution < 1.29 is 9.53 Å². The first kappa shape index (κ1) is 15.1. The third-order valence-corrected chi connectivity index (χ3v) is 3.79. The molecule has 1 aliphatic rings. The summed E-state index contributed by atoms with van der Waals surface area (Å²) in [6, 6.07) is 1.62. The summed E-state index contributed by atoms with van der Waals surface area (Å²) in [5.74, 6) is 1.56. The van der Waals surface area contributed by atoms with E-state index in [4.69, 9.17) is 16.3 Å². The van der Waals surface area contributed by atoms with Crippen molar-refractivity contribution >= 4 is 17.5 Å². The monoisotopic (exact) mass is 323 g/mol. The summed E-state index contributed by atoms with van der Waals surface area (Å²) in [7, 11) is 0. The number of aromatic nitrogens is 4. The van der Waals surface area contributed by atoms with Crippen molar-refractivity contribution in [3.8, 4) is 0 Å². The Bertz CT molecular complexity index is 666. The maximum absolute atomic E-state index is 12.4. The van der Waals surface area contributed by atoms with Gasteiger partial charge < -0.3 is 14.6 Å². The second-order valence-electron chi connectivity index (χ2n) is 5.58. The number of nitrogens with zero attached hydrogens (tertiary/aromatic N) is 3. The fraction of sp³-hybridized carbons (Fsp3) is 0.500. The van der Waals surface area contributed by atoms with Crippen LogP contribution in [0.5, 0.6) is 0 Å². The highest BCUT2D eigenvalue weighted by atomic mass is 35.5. The second kappa shape index (κ2) is 6.10. The van der Waals surface area contributed by atoms with Crippen molar-refractivity contribution in [1.29, 1.82) is 0 Å². The SMILES string of the molecule is CC(C)c1n[nH]c(C2CN(C(=O)c3cc(Cl)c[nH]3)CCO2)n1. The highest BCUT2D eigenvalue weighted by Gasteiger charge is 2.29. The second-order valence-corrected chi connectivity index (χ2v) is 6.01. The van der Waals surface area contributed by atoms with Crippen LogP contribution in [-0.2, 0) is 4.74 Å². The van der Waals surface area contributed by atoms with Crippen LogP contribution in [0.25, 0.3) is 0 Å². The van der Waals surface area contributed by atoms with Crippen molar-refractivity contribution in [2.45, 2.75) is 25.9 Å². The molecule has 2 aromatic rings. The van der Waals surface area contributed by atoms with E-state index in [9.17, 15) is 4.79 Å². The lowest BCUT2D eigenvalue weighted by molar-refractivity contribution is -0.0268. The zero-order chi connectivity index (χ0) is 15.7. The molecule has 1 amide bonds. The lowest BCUT2D eigenvalue weighted by Gasteiger charge is -2.31. The Hall–Kier alpha value is -1.86. The molecule has 3 rings (SSSR count). The number of ether oxygens (including phenoxy) is 1. The van der Waals surface area contributed by atoms with Crippen molar-refractivity contribution in [2.24, 2.45) is 0 Å². The normalized spacial score (nSPS) is 18.9. The Morgan fingerprint density at radius 3 is 3.00 bits per heavy atom. The van der Waals surface area contributed by atoms with Gasteiger partial charge in [0.15, 0.2) is 11.6 Å². The van der Waals surface area contributed by atoms with Gasteiger partial charge in [0.25, 0.3) is 5.91 Å². The van der Waals surface area contributed by atoms with Crippen LogP contribution in [0.4, 0.5) is 0 Å². The molecule has 1 aliphatic heterocycles. The summed E-state index contributed by atoms with van der Waals surface area (Å²) in [4.78, 5) is 21.5. The van der Waals surface area contributed by atoms with E-state index in [1.54, 1.807) is 17.2 Å². The molecule has 0 saturated carbocycles. The summed E-state index contributed by atoms with van der Waals surface area (Å²) >= 11 is 5.85. The molecule has 118 valence electrons. The van der Waals surface area contributed by atoms with Gasteiger partial charge in [-0.25, -0.2) is 4.98 Å². The Morgan fingerprint density at radius 2 is 2.36 bits per heavy atom. The summed E-state index contributed by atoms with van der Waals surface area (Å²) in [6.45, 7) is 5.49. The standard InChI is InChI=1S/C14H18ClN5O2/c1-8(2)12-17-13(19-18-12)11-7-20(3-4-22-11)14(21)10-5-9(15)6-16-10/h5-6,8,11,16H,3-4,7H2,1-2H3,(H,17,18,19). The number of amides is 1. The molecular weight excluding hydrogens is 306 g/mol. The van der Waals surface area contributed by atoms with E-state index >= 15 is 0 Å². The number of rotatable bonds is 3. The predicted octanol–water partition coefficient (Wildman–Crippen LogP) is 2.12. The zero-order valence-corrected chi connectivity index (χ0v) is 13.2. The molecule has 2 aromatic heterocycles. The van der Waals surface area contributed by atoms with Gasteiger partial charge in [-0.3, -0.25) is 9.89 Å². The van der Waals surface area contributed by atoms with Crippen LogP contribution < -0.4 is 0 Å². The van der Waals surface area contributed by atoms with E-state index in [2.05, 4.69) is 20.2 Å². The Kier molecular flexibility index (Phi) is 4.17. The van der Waals surface area contributed by atoms with Crippen LogP contribution in [-0.4, -0.2) is 50.7 Å². The molecule has 2 N–H and O–H groups in total. The Balaban J connectivity index is 1.72. The fourth-order valence-corrected chi connectivity index (χ4v) is 2.51. The molecule has 0 aromatic carbocycles. The molecule has 1 fully saturated rings. The molecule has 7 nitrogen and oxygen atoms in total. The number of carbonyl (C=O) groups is 1. The van der Waals surface area contributed by atoms with Gasteiger partial charge in [0, 0.05) is 18.7 Å². The van der Waals surface area contributed by atoms with Crippen LogP contribution in [0, 0.1) is 0 Å². The van der Waals surface area contributed by atoms with Crippen molar-refractivity contribution in [3.05, 3.63) is 34.6 Å². The van der Waals surface area contributed by atoms with Gasteiger partial charge in [-0.05, 0) is 6.07 Å². The number of hydrogen-bond acceptors (Lipinski definition) is 4. The van der Waals surface area contributed by atoms with Gasteiger partial charge in [-0.1, -0.05) is 25.4 Å². The average Bonchev–Trinajstić information content (AvgIpc) is 3.15. The third kappa shape index (κ3) is 3.00. The first-order valence-electron chi connectivity index (χ1n) is 7.21. The van der Waals surface area contributed by atoms with Crippen molar-refractivity contribution in [3.63, 3.8) is 0 Å².